The first-order valence-electron chi connectivity index (χ1n) is 6.12. The molecule has 0 radical (unpaired) electrons. The van der Waals surface area contributed by atoms with Crippen molar-refractivity contribution in [2.75, 3.05) is 19.8 Å². The predicted molar refractivity (Wildman–Crippen MR) is 66.2 cm³/mol. The summed E-state index contributed by atoms with van der Waals surface area (Å²) in [5.41, 5.74) is 5.59. The van der Waals surface area contributed by atoms with Crippen molar-refractivity contribution >= 4 is 5.91 Å². The summed E-state index contributed by atoms with van der Waals surface area (Å²) in [5.74, 6) is 0.635. The molecular weight excluding hydrogens is 204 g/mol. The third-order valence-electron chi connectivity index (χ3n) is 2.08. The van der Waals surface area contributed by atoms with Gasteiger partial charge in [-0.3, -0.25) is 4.79 Å². The summed E-state index contributed by atoms with van der Waals surface area (Å²) in [6.45, 7) is 8.11. The Morgan fingerprint density at radius 2 is 2.06 bits per heavy atom. The van der Waals surface area contributed by atoms with E-state index in [-0.39, 0.29) is 11.9 Å². The van der Waals surface area contributed by atoms with E-state index in [1.54, 1.807) is 0 Å². The van der Waals surface area contributed by atoms with Crippen molar-refractivity contribution < 1.29 is 9.53 Å². The van der Waals surface area contributed by atoms with E-state index >= 15 is 0 Å². The Morgan fingerprint density at radius 1 is 1.38 bits per heavy atom. The van der Waals surface area contributed by atoms with Gasteiger partial charge in [0.2, 0.25) is 5.91 Å². The molecule has 0 aliphatic carbocycles. The molecular formula is C12H26N2O2. The maximum absolute atomic E-state index is 11.3. The van der Waals surface area contributed by atoms with E-state index in [1.165, 1.54) is 0 Å². The quantitative estimate of drug-likeness (QED) is 0.587. The van der Waals surface area contributed by atoms with Crippen LogP contribution in [0, 0.1) is 5.92 Å². The van der Waals surface area contributed by atoms with Gasteiger partial charge >= 0.3 is 0 Å². The molecule has 0 aromatic heterocycles. The minimum atomic E-state index is 0.0915. The second-order valence-corrected chi connectivity index (χ2v) is 4.69. The van der Waals surface area contributed by atoms with E-state index < -0.39 is 0 Å². The average Bonchev–Trinajstić information content (AvgIpc) is 2.16. The van der Waals surface area contributed by atoms with Crippen molar-refractivity contribution in [3.05, 3.63) is 0 Å². The molecule has 0 saturated heterocycles. The third kappa shape index (κ3) is 11.5. The SMILES string of the molecule is CC(C)COCCNC(=O)CCCC(C)N. The molecule has 96 valence electrons. The molecule has 3 N–H and O–H groups in total. The molecule has 0 spiro atoms. The lowest BCUT2D eigenvalue weighted by Gasteiger charge is -2.08. The third-order valence-corrected chi connectivity index (χ3v) is 2.08. The first kappa shape index (κ1) is 15.4. The Bertz CT molecular complexity index is 182. The molecule has 0 heterocycles. The molecule has 1 amide bonds. The van der Waals surface area contributed by atoms with Crippen LogP contribution in [0.25, 0.3) is 0 Å². The molecule has 0 bridgehead atoms. The van der Waals surface area contributed by atoms with Crippen LogP contribution in [-0.4, -0.2) is 31.7 Å². The van der Waals surface area contributed by atoms with Crippen LogP contribution < -0.4 is 11.1 Å². The summed E-state index contributed by atoms with van der Waals surface area (Å²) in [7, 11) is 0. The van der Waals surface area contributed by atoms with Gasteiger partial charge in [0.15, 0.2) is 0 Å². The summed E-state index contributed by atoms with van der Waals surface area (Å²) < 4.78 is 5.35. The molecule has 0 aliphatic heterocycles. The maximum atomic E-state index is 11.3. The highest BCUT2D eigenvalue weighted by Crippen LogP contribution is 1.97. The molecule has 16 heavy (non-hydrogen) atoms. The minimum absolute atomic E-state index is 0.0915. The molecule has 4 heteroatoms. The van der Waals surface area contributed by atoms with Gasteiger partial charge in [0.1, 0.15) is 0 Å². The molecule has 0 rings (SSSR count). The highest BCUT2D eigenvalue weighted by Gasteiger charge is 2.02. The number of ether oxygens (including phenoxy) is 1. The number of hydrogen-bond acceptors (Lipinski definition) is 3. The van der Waals surface area contributed by atoms with Gasteiger partial charge < -0.3 is 15.8 Å². The molecule has 0 aromatic carbocycles. The maximum Gasteiger partial charge on any atom is 0.220 e. The fraction of sp³-hybridized carbons (Fsp3) is 0.917. The lowest BCUT2D eigenvalue weighted by atomic mass is 10.1. The molecule has 0 aromatic rings. The van der Waals surface area contributed by atoms with Crippen molar-refractivity contribution in [3.8, 4) is 0 Å². The molecule has 0 aliphatic rings. The number of rotatable bonds is 9. The van der Waals surface area contributed by atoms with Crippen LogP contribution in [0.3, 0.4) is 0 Å². The number of nitrogens with two attached hydrogens (primary N) is 1. The van der Waals surface area contributed by atoms with Gasteiger partial charge in [-0.2, -0.15) is 0 Å². The van der Waals surface area contributed by atoms with E-state index in [2.05, 4.69) is 19.2 Å². The Morgan fingerprint density at radius 3 is 2.62 bits per heavy atom. The number of amides is 1. The molecule has 1 unspecified atom stereocenters. The standard InChI is InChI=1S/C12H26N2O2/c1-10(2)9-16-8-7-14-12(15)6-4-5-11(3)13/h10-11H,4-9,13H2,1-3H3,(H,14,15). The summed E-state index contributed by atoms with van der Waals surface area (Å²) in [6, 6.07) is 0.183. The highest BCUT2D eigenvalue weighted by atomic mass is 16.5. The summed E-state index contributed by atoms with van der Waals surface area (Å²) in [4.78, 5) is 11.3. The first-order chi connectivity index (χ1) is 7.52. The second kappa shape index (κ2) is 9.60. The van der Waals surface area contributed by atoms with E-state index in [0.29, 0.717) is 25.5 Å². The van der Waals surface area contributed by atoms with Crippen molar-refractivity contribution in [1.29, 1.82) is 0 Å². The van der Waals surface area contributed by atoms with E-state index in [9.17, 15) is 4.79 Å². The van der Waals surface area contributed by atoms with E-state index in [0.717, 1.165) is 19.4 Å². The van der Waals surface area contributed by atoms with Crippen LogP contribution in [0.1, 0.15) is 40.0 Å². The normalized spacial score (nSPS) is 12.8. The number of hydrogen-bond donors (Lipinski definition) is 2. The van der Waals surface area contributed by atoms with Crippen molar-refractivity contribution in [2.24, 2.45) is 11.7 Å². The lowest BCUT2D eigenvalue weighted by Crippen LogP contribution is -2.27. The summed E-state index contributed by atoms with van der Waals surface area (Å²) in [5, 5.41) is 2.83. The Balaban J connectivity index is 3.24. The van der Waals surface area contributed by atoms with Crippen LogP contribution in [0.15, 0.2) is 0 Å². The second-order valence-electron chi connectivity index (χ2n) is 4.69. The van der Waals surface area contributed by atoms with Crippen molar-refractivity contribution in [2.45, 2.75) is 46.1 Å². The fourth-order valence-electron chi connectivity index (χ4n) is 1.25. The van der Waals surface area contributed by atoms with Crippen LogP contribution in [0.5, 0.6) is 0 Å². The van der Waals surface area contributed by atoms with Crippen LogP contribution in [-0.2, 0) is 9.53 Å². The van der Waals surface area contributed by atoms with Gasteiger partial charge in [0.25, 0.3) is 0 Å². The number of nitrogens with one attached hydrogen (secondary N) is 1. The van der Waals surface area contributed by atoms with Crippen LogP contribution >= 0.6 is 0 Å². The first-order valence-corrected chi connectivity index (χ1v) is 6.12. The van der Waals surface area contributed by atoms with Crippen LogP contribution in [0.4, 0.5) is 0 Å². The summed E-state index contributed by atoms with van der Waals surface area (Å²) in [6.07, 6.45) is 2.32. The molecule has 0 saturated carbocycles. The molecule has 1 atom stereocenters. The van der Waals surface area contributed by atoms with Crippen molar-refractivity contribution in [3.63, 3.8) is 0 Å². The van der Waals surface area contributed by atoms with Gasteiger partial charge in [-0.25, -0.2) is 0 Å². The number of carbonyl (C=O) groups excluding carboxylic acids is 1. The zero-order valence-corrected chi connectivity index (χ0v) is 10.8. The Labute approximate surface area is 98.9 Å². The predicted octanol–water partition coefficient (Wildman–Crippen LogP) is 1.29. The Hall–Kier alpha value is -0.610. The lowest BCUT2D eigenvalue weighted by molar-refractivity contribution is -0.121. The molecule has 0 fully saturated rings. The van der Waals surface area contributed by atoms with Gasteiger partial charge in [0.05, 0.1) is 6.61 Å². The average molecular weight is 230 g/mol. The highest BCUT2D eigenvalue weighted by molar-refractivity contribution is 5.75. The topological polar surface area (TPSA) is 64.3 Å². The van der Waals surface area contributed by atoms with E-state index in [1.807, 2.05) is 6.92 Å². The van der Waals surface area contributed by atoms with E-state index in [4.69, 9.17) is 10.5 Å². The monoisotopic (exact) mass is 230 g/mol. The number of carbonyl (C=O) groups is 1. The van der Waals surface area contributed by atoms with Gasteiger partial charge in [-0.15, -0.1) is 0 Å². The minimum Gasteiger partial charge on any atom is -0.379 e. The zero-order valence-electron chi connectivity index (χ0n) is 10.8. The van der Waals surface area contributed by atoms with Gasteiger partial charge in [-0.1, -0.05) is 13.8 Å². The Kier molecular flexibility index (Phi) is 9.24. The van der Waals surface area contributed by atoms with Gasteiger partial charge in [0, 0.05) is 25.6 Å². The smallest absolute Gasteiger partial charge is 0.220 e. The van der Waals surface area contributed by atoms with Crippen LogP contribution in [0.2, 0.25) is 0 Å². The zero-order chi connectivity index (χ0) is 12.4. The largest absolute Gasteiger partial charge is 0.379 e. The van der Waals surface area contributed by atoms with Gasteiger partial charge in [-0.05, 0) is 25.7 Å². The summed E-state index contributed by atoms with van der Waals surface area (Å²) >= 11 is 0. The fourth-order valence-corrected chi connectivity index (χ4v) is 1.25. The van der Waals surface area contributed by atoms with Crippen molar-refractivity contribution in [1.82, 2.24) is 5.32 Å². The molecule has 4 nitrogen and oxygen atoms in total.